The molecule has 4 rings (SSSR count). The molecule has 0 bridgehead atoms. The minimum absolute atomic E-state index is 0.188. The Kier molecular flexibility index (Phi) is 4.14. The summed E-state index contributed by atoms with van der Waals surface area (Å²) in [4.78, 5) is 15.3. The van der Waals surface area contributed by atoms with Gasteiger partial charge in [-0.15, -0.1) is 0 Å². The highest BCUT2D eigenvalue weighted by Gasteiger charge is 2.32. The van der Waals surface area contributed by atoms with E-state index < -0.39 is 11.9 Å². The number of rotatable bonds is 2. The van der Waals surface area contributed by atoms with Gasteiger partial charge in [0.25, 0.3) is 0 Å². The molecule has 3 heterocycles. The van der Waals surface area contributed by atoms with E-state index in [1.807, 2.05) is 24.3 Å². The predicted octanol–water partition coefficient (Wildman–Crippen LogP) is 5.31. The maximum absolute atomic E-state index is 12.9. The van der Waals surface area contributed by atoms with Crippen molar-refractivity contribution in [2.75, 3.05) is 0 Å². The third-order valence-corrected chi connectivity index (χ3v) is 4.45. The van der Waals surface area contributed by atoms with E-state index in [0.717, 1.165) is 26.1 Å². The summed E-state index contributed by atoms with van der Waals surface area (Å²) in [6.07, 6.45) is -1.28. The lowest BCUT2D eigenvalue weighted by Gasteiger charge is -2.08. The molecule has 0 spiro atoms. The molecule has 8 heteroatoms. The van der Waals surface area contributed by atoms with Crippen LogP contribution < -0.4 is 0 Å². The molecule has 0 amide bonds. The number of hydrogen-bond acceptors (Lipinski definition) is 3. The number of nitrogens with zero attached hydrogens (tertiary/aromatic N) is 3. The van der Waals surface area contributed by atoms with E-state index in [4.69, 9.17) is 0 Å². The van der Waals surface area contributed by atoms with Crippen molar-refractivity contribution in [3.8, 4) is 22.6 Å². The third kappa shape index (κ3) is 3.16. The number of imidazole rings is 1. The number of hydrogen-bond donors (Lipinski definition) is 1. The van der Waals surface area contributed by atoms with Crippen LogP contribution in [0.15, 0.2) is 55.0 Å². The number of nitrogens with one attached hydrogen (secondary N) is 1. The zero-order valence-corrected chi connectivity index (χ0v) is 15.2. The Morgan fingerprint density at radius 3 is 2.65 bits per heavy atom. The van der Waals surface area contributed by atoms with Gasteiger partial charge in [-0.05, 0) is 52.9 Å². The molecule has 0 saturated carbocycles. The topological polar surface area (TPSA) is 54.5 Å². The normalized spacial score (nSPS) is 11.8. The fraction of sp³-hybridized carbons (Fsp3) is 0.0556. The summed E-state index contributed by atoms with van der Waals surface area (Å²) in [5.74, 6) is 0. The molecule has 130 valence electrons. The maximum Gasteiger partial charge on any atom is 0.433 e. The Hall–Kier alpha value is -2.49. The van der Waals surface area contributed by atoms with Gasteiger partial charge >= 0.3 is 6.18 Å². The molecule has 26 heavy (non-hydrogen) atoms. The summed E-state index contributed by atoms with van der Waals surface area (Å²) in [5, 5.41) is 0.931. The lowest BCUT2D eigenvalue weighted by molar-refractivity contribution is -0.141. The van der Waals surface area contributed by atoms with Gasteiger partial charge in [-0.3, -0.25) is 4.98 Å². The molecular formula is C18H10F3IN4. The van der Waals surface area contributed by atoms with Gasteiger partial charge in [0.1, 0.15) is 5.69 Å². The number of aromatic nitrogens is 4. The number of H-pyrrole nitrogens is 1. The van der Waals surface area contributed by atoms with Crippen molar-refractivity contribution in [2.24, 2.45) is 0 Å². The molecule has 1 N–H and O–H groups in total. The summed E-state index contributed by atoms with van der Waals surface area (Å²) in [6, 6.07) is 11.4. The first-order valence-electron chi connectivity index (χ1n) is 7.55. The van der Waals surface area contributed by atoms with Gasteiger partial charge in [-0.2, -0.15) is 13.2 Å². The van der Waals surface area contributed by atoms with Crippen LogP contribution >= 0.6 is 22.6 Å². The van der Waals surface area contributed by atoms with Crippen molar-refractivity contribution in [3.05, 3.63) is 64.3 Å². The minimum atomic E-state index is -4.50. The van der Waals surface area contributed by atoms with Crippen molar-refractivity contribution in [3.63, 3.8) is 0 Å². The average molecular weight is 466 g/mol. The number of fused-ring (bicyclic) bond motifs is 1. The lowest BCUT2D eigenvalue weighted by Crippen LogP contribution is -2.08. The molecule has 4 aromatic rings. The van der Waals surface area contributed by atoms with Gasteiger partial charge in [0, 0.05) is 20.7 Å². The summed E-state index contributed by atoms with van der Waals surface area (Å²) in [7, 11) is 0. The van der Waals surface area contributed by atoms with E-state index in [1.54, 1.807) is 6.20 Å². The highest BCUT2D eigenvalue weighted by atomic mass is 127. The molecule has 0 saturated heterocycles. The van der Waals surface area contributed by atoms with Crippen molar-refractivity contribution >= 4 is 33.5 Å². The monoisotopic (exact) mass is 466 g/mol. The smallest absolute Gasteiger partial charge is 0.343 e. The second-order valence-electron chi connectivity index (χ2n) is 5.59. The molecule has 4 nitrogen and oxygen atoms in total. The van der Waals surface area contributed by atoms with Crippen molar-refractivity contribution < 1.29 is 13.2 Å². The predicted molar refractivity (Wildman–Crippen MR) is 100 cm³/mol. The number of aromatic amines is 1. The Bertz CT molecular complexity index is 1100. The van der Waals surface area contributed by atoms with E-state index >= 15 is 0 Å². The van der Waals surface area contributed by atoms with Crippen molar-refractivity contribution in [1.29, 1.82) is 0 Å². The van der Waals surface area contributed by atoms with E-state index in [-0.39, 0.29) is 5.69 Å². The molecule has 0 radical (unpaired) electrons. The zero-order valence-electron chi connectivity index (χ0n) is 13.0. The molecular weight excluding hydrogens is 456 g/mol. The highest BCUT2D eigenvalue weighted by Crippen LogP contribution is 2.33. The first-order valence-corrected chi connectivity index (χ1v) is 8.63. The second-order valence-corrected chi connectivity index (χ2v) is 6.84. The Balaban J connectivity index is 1.83. The summed E-state index contributed by atoms with van der Waals surface area (Å²) >= 11 is 2.18. The largest absolute Gasteiger partial charge is 0.433 e. The number of alkyl halides is 3. The molecule has 0 aliphatic carbocycles. The molecule has 0 fully saturated rings. The summed E-state index contributed by atoms with van der Waals surface area (Å²) < 4.78 is 39.8. The van der Waals surface area contributed by atoms with Crippen LogP contribution in [0.4, 0.5) is 13.2 Å². The van der Waals surface area contributed by atoms with Crippen molar-refractivity contribution in [1.82, 2.24) is 19.9 Å². The first kappa shape index (κ1) is 17.0. The quantitative estimate of drug-likeness (QED) is 0.408. The van der Waals surface area contributed by atoms with Crippen LogP contribution in [0.25, 0.3) is 33.5 Å². The molecule has 1 aromatic carbocycles. The molecule has 0 aliphatic rings. The van der Waals surface area contributed by atoms with Crippen LogP contribution in [-0.2, 0) is 6.18 Å². The number of pyridine rings is 2. The van der Waals surface area contributed by atoms with E-state index in [0.29, 0.717) is 11.4 Å². The zero-order chi connectivity index (χ0) is 18.3. The second kappa shape index (κ2) is 6.35. The highest BCUT2D eigenvalue weighted by molar-refractivity contribution is 14.1. The molecule has 0 atom stereocenters. The average Bonchev–Trinajstić information content (AvgIpc) is 3.10. The molecule has 0 unspecified atom stereocenters. The molecule has 0 aliphatic heterocycles. The Morgan fingerprint density at radius 2 is 1.85 bits per heavy atom. The Labute approximate surface area is 159 Å². The van der Waals surface area contributed by atoms with Gasteiger partial charge < -0.3 is 4.98 Å². The van der Waals surface area contributed by atoms with E-state index in [1.165, 1.54) is 18.5 Å². The van der Waals surface area contributed by atoms with Gasteiger partial charge in [0.2, 0.25) is 0 Å². The van der Waals surface area contributed by atoms with Gasteiger partial charge in [-0.25, -0.2) is 9.97 Å². The van der Waals surface area contributed by atoms with Crippen LogP contribution in [-0.4, -0.2) is 19.9 Å². The van der Waals surface area contributed by atoms with E-state index in [2.05, 4.69) is 42.5 Å². The SMILES string of the molecule is FC(F)(F)c1cccc(-c2[nH]cnc2-c2ccc3ncc(I)cc3c2)n1. The maximum atomic E-state index is 12.9. The standard InChI is InChI=1S/C18H10F3IN4/c19-18(20,21)15-3-1-2-14(26-15)17-16(24-9-25-17)10-4-5-13-11(6-10)7-12(22)8-23-13/h1-9H,(H,24,25). The van der Waals surface area contributed by atoms with Gasteiger partial charge in [0.05, 0.1) is 28.9 Å². The van der Waals surface area contributed by atoms with E-state index in [9.17, 15) is 13.2 Å². The minimum Gasteiger partial charge on any atom is -0.343 e. The summed E-state index contributed by atoms with van der Waals surface area (Å²) in [6.45, 7) is 0. The van der Waals surface area contributed by atoms with Gasteiger partial charge in [0.15, 0.2) is 0 Å². The van der Waals surface area contributed by atoms with Crippen LogP contribution in [0.1, 0.15) is 5.69 Å². The first-order chi connectivity index (χ1) is 12.4. The van der Waals surface area contributed by atoms with Crippen LogP contribution in [0.3, 0.4) is 0 Å². The van der Waals surface area contributed by atoms with Crippen LogP contribution in [0.5, 0.6) is 0 Å². The third-order valence-electron chi connectivity index (χ3n) is 3.86. The fourth-order valence-electron chi connectivity index (χ4n) is 2.69. The van der Waals surface area contributed by atoms with Crippen LogP contribution in [0.2, 0.25) is 0 Å². The van der Waals surface area contributed by atoms with Crippen molar-refractivity contribution in [2.45, 2.75) is 6.18 Å². The van der Waals surface area contributed by atoms with Crippen LogP contribution in [0, 0.1) is 3.57 Å². The summed E-state index contributed by atoms with van der Waals surface area (Å²) in [5.41, 5.74) is 1.84. The Morgan fingerprint density at radius 1 is 1.00 bits per heavy atom. The lowest BCUT2D eigenvalue weighted by atomic mass is 10.1. The van der Waals surface area contributed by atoms with Gasteiger partial charge in [-0.1, -0.05) is 12.1 Å². The molecule has 3 aromatic heterocycles. The number of benzene rings is 1. The fourth-order valence-corrected chi connectivity index (χ4v) is 3.17. The number of halogens is 4.